The Hall–Kier alpha value is -3.66. The molecule has 2 aromatic carbocycles. The van der Waals surface area contributed by atoms with E-state index in [4.69, 9.17) is 5.73 Å². The van der Waals surface area contributed by atoms with Crippen molar-refractivity contribution in [2.24, 2.45) is 10.7 Å². The average Bonchev–Trinajstić information content (AvgIpc) is 3.21. The minimum Gasteiger partial charge on any atom is -0.369 e. The number of rotatable bonds is 7. The predicted molar refractivity (Wildman–Crippen MR) is 136 cm³/mol. The van der Waals surface area contributed by atoms with Crippen LogP contribution in [0.3, 0.4) is 0 Å². The van der Waals surface area contributed by atoms with Crippen molar-refractivity contribution in [1.29, 1.82) is 0 Å². The predicted octanol–water partition coefficient (Wildman–Crippen LogP) is 2.78. The molecule has 1 saturated heterocycles. The first-order chi connectivity index (χ1) is 16.9. The Morgan fingerprint density at radius 2 is 1.71 bits per heavy atom. The maximum atomic E-state index is 12.6. The molecule has 2 aromatic rings. The van der Waals surface area contributed by atoms with Crippen LogP contribution in [0.25, 0.3) is 0 Å². The van der Waals surface area contributed by atoms with E-state index >= 15 is 0 Å². The van der Waals surface area contributed by atoms with Crippen molar-refractivity contribution in [2.45, 2.75) is 37.4 Å². The molecule has 4 N–H and O–H groups in total. The first-order valence-electron chi connectivity index (χ1n) is 11.5. The SMILES string of the molecule is NC(=O)Cc1ccccc1NC(=O)c1ccc(NC(=O)CC2SC(N3CCCCC3)=NC2=O)cc1. The number of nitrogens with one attached hydrogen (secondary N) is 2. The van der Waals surface area contributed by atoms with Gasteiger partial charge in [0.2, 0.25) is 11.8 Å². The van der Waals surface area contributed by atoms with Gasteiger partial charge in [-0.15, -0.1) is 0 Å². The molecule has 4 amide bonds. The molecule has 2 heterocycles. The van der Waals surface area contributed by atoms with E-state index in [1.54, 1.807) is 48.5 Å². The summed E-state index contributed by atoms with van der Waals surface area (Å²) in [5.74, 6) is -1.40. The Balaban J connectivity index is 1.30. The number of amidine groups is 1. The highest BCUT2D eigenvalue weighted by atomic mass is 32.2. The molecule has 0 aromatic heterocycles. The van der Waals surface area contributed by atoms with Crippen molar-refractivity contribution in [3.05, 3.63) is 59.7 Å². The second-order valence-corrected chi connectivity index (χ2v) is 9.64. The van der Waals surface area contributed by atoms with Gasteiger partial charge in [0.15, 0.2) is 5.17 Å². The number of anilines is 2. The number of para-hydroxylation sites is 1. The third-order valence-corrected chi connectivity index (χ3v) is 7.00. The summed E-state index contributed by atoms with van der Waals surface area (Å²) >= 11 is 1.36. The van der Waals surface area contributed by atoms with Gasteiger partial charge in [-0.3, -0.25) is 19.2 Å². The van der Waals surface area contributed by atoms with Gasteiger partial charge in [0.1, 0.15) is 5.25 Å². The number of amides is 4. The molecule has 1 atom stereocenters. The quantitative estimate of drug-likeness (QED) is 0.543. The Labute approximate surface area is 207 Å². The van der Waals surface area contributed by atoms with Crippen LogP contribution in [0.5, 0.6) is 0 Å². The number of aliphatic imine (C=N–C) groups is 1. The van der Waals surface area contributed by atoms with Crippen LogP contribution in [0, 0.1) is 0 Å². The van der Waals surface area contributed by atoms with E-state index in [0.717, 1.165) is 31.1 Å². The molecular formula is C25H27N5O4S. The minimum atomic E-state index is -0.516. The maximum absolute atomic E-state index is 12.6. The van der Waals surface area contributed by atoms with Gasteiger partial charge in [-0.1, -0.05) is 30.0 Å². The lowest BCUT2D eigenvalue weighted by atomic mass is 10.1. The number of thioether (sulfide) groups is 1. The van der Waals surface area contributed by atoms with Gasteiger partial charge in [-0.05, 0) is 55.2 Å². The van der Waals surface area contributed by atoms with E-state index in [2.05, 4.69) is 20.5 Å². The molecule has 4 rings (SSSR count). The normalized spacial score (nSPS) is 17.6. The topological polar surface area (TPSA) is 134 Å². The smallest absolute Gasteiger partial charge is 0.262 e. The summed E-state index contributed by atoms with van der Waals surface area (Å²) in [6, 6.07) is 13.4. The van der Waals surface area contributed by atoms with E-state index in [0.29, 0.717) is 22.5 Å². The van der Waals surface area contributed by atoms with Gasteiger partial charge in [-0.2, -0.15) is 4.99 Å². The molecule has 35 heavy (non-hydrogen) atoms. The molecule has 182 valence electrons. The van der Waals surface area contributed by atoms with Gasteiger partial charge < -0.3 is 21.3 Å². The monoisotopic (exact) mass is 493 g/mol. The number of hydrogen-bond acceptors (Lipinski definition) is 6. The summed E-state index contributed by atoms with van der Waals surface area (Å²) in [6.45, 7) is 1.80. The first-order valence-corrected chi connectivity index (χ1v) is 12.4. The summed E-state index contributed by atoms with van der Waals surface area (Å²) < 4.78 is 0. The van der Waals surface area contributed by atoms with E-state index < -0.39 is 11.2 Å². The van der Waals surface area contributed by atoms with Gasteiger partial charge in [0.05, 0.1) is 6.42 Å². The molecule has 1 unspecified atom stereocenters. The molecule has 2 aliphatic rings. The number of likely N-dealkylation sites (tertiary alicyclic amines) is 1. The van der Waals surface area contributed by atoms with Crippen molar-refractivity contribution in [3.8, 4) is 0 Å². The second-order valence-electron chi connectivity index (χ2n) is 8.47. The second kappa shape index (κ2) is 11.2. The van der Waals surface area contributed by atoms with Gasteiger partial charge in [-0.25, -0.2) is 0 Å². The highest BCUT2D eigenvalue weighted by Gasteiger charge is 2.33. The Bertz CT molecular complexity index is 1160. The number of hydrogen-bond donors (Lipinski definition) is 3. The first kappa shape index (κ1) is 24.5. The zero-order chi connectivity index (χ0) is 24.8. The van der Waals surface area contributed by atoms with Crippen molar-refractivity contribution >= 4 is 51.9 Å². The lowest BCUT2D eigenvalue weighted by Crippen LogP contribution is -2.33. The highest BCUT2D eigenvalue weighted by Crippen LogP contribution is 2.29. The molecule has 9 nitrogen and oxygen atoms in total. The number of nitrogens with two attached hydrogens (primary N) is 1. The van der Waals surface area contributed by atoms with E-state index in [1.165, 1.54) is 18.2 Å². The van der Waals surface area contributed by atoms with Crippen molar-refractivity contribution in [1.82, 2.24) is 4.90 Å². The Morgan fingerprint density at radius 3 is 2.43 bits per heavy atom. The summed E-state index contributed by atoms with van der Waals surface area (Å²) in [5, 5.41) is 5.77. The summed E-state index contributed by atoms with van der Waals surface area (Å²) in [5.41, 5.74) is 7.33. The molecule has 0 aliphatic carbocycles. The molecule has 2 aliphatic heterocycles. The molecule has 1 fully saturated rings. The van der Waals surface area contributed by atoms with Crippen LogP contribution < -0.4 is 16.4 Å². The lowest BCUT2D eigenvalue weighted by molar-refractivity contribution is -0.121. The van der Waals surface area contributed by atoms with Crippen LogP contribution in [-0.2, 0) is 20.8 Å². The van der Waals surface area contributed by atoms with Crippen molar-refractivity contribution in [3.63, 3.8) is 0 Å². The third kappa shape index (κ3) is 6.48. The van der Waals surface area contributed by atoms with Crippen LogP contribution in [0.1, 0.15) is 41.6 Å². The third-order valence-electron chi connectivity index (χ3n) is 5.79. The fourth-order valence-corrected chi connectivity index (χ4v) is 5.11. The van der Waals surface area contributed by atoms with E-state index in [-0.39, 0.29) is 30.6 Å². The molecule has 0 radical (unpaired) electrons. The van der Waals surface area contributed by atoms with Crippen LogP contribution in [0.15, 0.2) is 53.5 Å². The lowest BCUT2D eigenvalue weighted by Gasteiger charge is -2.27. The number of nitrogens with zero attached hydrogens (tertiary/aromatic N) is 2. The van der Waals surface area contributed by atoms with Gasteiger partial charge >= 0.3 is 0 Å². The van der Waals surface area contributed by atoms with Gasteiger partial charge in [0, 0.05) is 36.4 Å². The van der Waals surface area contributed by atoms with Gasteiger partial charge in [0.25, 0.3) is 11.8 Å². The molecule has 0 saturated carbocycles. The number of benzene rings is 2. The molecular weight excluding hydrogens is 466 g/mol. The van der Waals surface area contributed by atoms with Crippen LogP contribution in [-0.4, -0.2) is 52.0 Å². The zero-order valence-electron chi connectivity index (χ0n) is 19.2. The highest BCUT2D eigenvalue weighted by molar-refractivity contribution is 8.15. The largest absolute Gasteiger partial charge is 0.369 e. The standard InChI is InChI=1S/C25H27N5O4S/c26-21(31)14-17-6-2-3-7-19(17)28-23(33)16-8-10-18(11-9-16)27-22(32)15-20-24(34)29-25(35-20)30-12-4-1-5-13-30/h2-3,6-11,20H,1,4-5,12-15H2,(H2,26,31)(H,27,32)(H,28,33). The number of primary amides is 1. The van der Waals surface area contributed by atoms with E-state index in [9.17, 15) is 19.2 Å². The molecule has 0 bridgehead atoms. The molecule has 10 heteroatoms. The number of carbonyl (C=O) groups is 4. The molecule has 0 spiro atoms. The number of piperidine rings is 1. The van der Waals surface area contributed by atoms with Crippen molar-refractivity contribution in [2.75, 3.05) is 23.7 Å². The fourth-order valence-electron chi connectivity index (χ4n) is 3.99. The number of carbonyl (C=O) groups excluding carboxylic acids is 4. The zero-order valence-corrected chi connectivity index (χ0v) is 20.0. The summed E-state index contributed by atoms with van der Waals surface area (Å²) in [4.78, 5) is 55.0. The Kier molecular flexibility index (Phi) is 7.81. The summed E-state index contributed by atoms with van der Waals surface area (Å²) in [7, 11) is 0. The summed E-state index contributed by atoms with van der Waals surface area (Å²) in [6.07, 6.45) is 3.42. The maximum Gasteiger partial charge on any atom is 0.262 e. The minimum absolute atomic E-state index is 0.0216. The van der Waals surface area contributed by atoms with Crippen LogP contribution in [0.2, 0.25) is 0 Å². The Morgan fingerprint density at radius 1 is 1.00 bits per heavy atom. The van der Waals surface area contributed by atoms with E-state index in [1.807, 2.05) is 0 Å². The van der Waals surface area contributed by atoms with Crippen LogP contribution >= 0.6 is 11.8 Å². The fraction of sp³-hybridized carbons (Fsp3) is 0.320. The van der Waals surface area contributed by atoms with Crippen LogP contribution in [0.4, 0.5) is 11.4 Å². The average molecular weight is 494 g/mol. The van der Waals surface area contributed by atoms with Crippen molar-refractivity contribution < 1.29 is 19.2 Å².